The van der Waals surface area contributed by atoms with E-state index in [1.54, 1.807) is 13.0 Å². The Kier molecular flexibility index (Phi) is 5.04. The molecule has 4 N–H and O–H groups in total. The maximum Gasteiger partial charge on any atom is 0.241 e. The maximum atomic E-state index is 12.0. The van der Waals surface area contributed by atoms with Crippen molar-refractivity contribution in [3.63, 3.8) is 0 Å². The summed E-state index contributed by atoms with van der Waals surface area (Å²) in [5.74, 6) is -0.756. The summed E-state index contributed by atoms with van der Waals surface area (Å²) in [4.78, 5) is 10.9. The van der Waals surface area contributed by atoms with Crippen LogP contribution in [0.2, 0.25) is 0 Å². The predicted octanol–water partition coefficient (Wildman–Crippen LogP) is 0.282. The third-order valence-electron chi connectivity index (χ3n) is 2.70. The molecule has 1 rings (SSSR count). The Hall–Kier alpha value is -1.44. The van der Waals surface area contributed by atoms with Crippen molar-refractivity contribution in [3.05, 3.63) is 29.8 Å². The van der Waals surface area contributed by atoms with Crippen molar-refractivity contribution in [3.8, 4) is 0 Å². The highest BCUT2D eigenvalue weighted by Crippen LogP contribution is 2.19. The van der Waals surface area contributed by atoms with Crippen molar-refractivity contribution >= 4 is 15.9 Å². The first-order valence-corrected chi connectivity index (χ1v) is 7.36. The van der Waals surface area contributed by atoms with Crippen LogP contribution in [0.25, 0.3) is 0 Å². The van der Waals surface area contributed by atoms with Gasteiger partial charge in [0.1, 0.15) is 0 Å². The number of hydrogen-bond donors (Lipinski definition) is 3. The molecule has 19 heavy (non-hydrogen) atoms. The van der Waals surface area contributed by atoms with Crippen LogP contribution in [0.4, 0.5) is 0 Å². The maximum absolute atomic E-state index is 12.0. The van der Waals surface area contributed by atoms with Crippen molar-refractivity contribution in [2.75, 3.05) is 0 Å². The van der Waals surface area contributed by atoms with E-state index in [9.17, 15) is 18.3 Å². The molecule has 0 spiro atoms. The van der Waals surface area contributed by atoms with Gasteiger partial charge in [-0.3, -0.25) is 4.79 Å². The number of carbonyl (C=O) groups is 1. The molecule has 0 saturated carbocycles. The Morgan fingerprint density at radius 2 is 2.11 bits per heavy atom. The van der Waals surface area contributed by atoms with Crippen LogP contribution in [-0.2, 0) is 14.8 Å². The molecule has 0 fully saturated rings. The highest BCUT2D eigenvalue weighted by atomic mass is 32.2. The second-order valence-electron chi connectivity index (χ2n) is 4.24. The predicted molar refractivity (Wildman–Crippen MR) is 70.7 cm³/mol. The van der Waals surface area contributed by atoms with E-state index in [2.05, 4.69) is 4.72 Å². The zero-order valence-electron chi connectivity index (χ0n) is 10.8. The van der Waals surface area contributed by atoms with Gasteiger partial charge in [-0.15, -0.1) is 0 Å². The van der Waals surface area contributed by atoms with Gasteiger partial charge in [0.05, 0.1) is 17.0 Å². The highest BCUT2D eigenvalue weighted by molar-refractivity contribution is 7.89. The number of rotatable bonds is 6. The van der Waals surface area contributed by atoms with E-state index >= 15 is 0 Å². The van der Waals surface area contributed by atoms with E-state index in [1.165, 1.54) is 25.1 Å². The second-order valence-corrected chi connectivity index (χ2v) is 5.96. The minimum atomic E-state index is -3.83. The lowest BCUT2D eigenvalue weighted by Crippen LogP contribution is -2.42. The van der Waals surface area contributed by atoms with Crippen LogP contribution in [0.15, 0.2) is 29.2 Å². The molecule has 2 unspecified atom stereocenters. The summed E-state index contributed by atoms with van der Waals surface area (Å²) in [6, 6.07) is 4.96. The van der Waals surface area contributed by atoms with Gasteiger partial charge in [-0.2, -0.15) is 4.72 Å². The number of nitrogens with one attached hydrogen (secondary N) is 1. The summed E-state index contributed by atoms with van der Waals surface area (Å²) in [5, 5.41) is 9.70. The average molecular weight is 286 g/mol. The molecule has 0 radical (unpaired) electrons. The summed E-state index contributed by atoms with van der Waals surface area (Å²) in [6.07, 6.45) is -0.238. The molecule has 0 aliphatic rings. The van der Waals surface area contributed by atoms with E-state index in [0.717, 1.165) is 0 Å². The van der Waals surface area contributed by atoms with Crippen LogP contribution in [0.5, 0.6) is 0 Å². The Morgan fingerprint density at radius 1 is 1.47 bits per heavy atom. The summed E-state index contributed by atoms with van der Waals surface area (Å²) in [7, 11) is -3.83. The summed E-state index contributed by atoms with van der Waals surface area (Å²) >= 11 is 0. The van der Waals surface area contributed by atoms with E-state index in [4.69, 9.17) is 5.73 Å². The first-order chi connectivity index (χ1) is 8.77. The number of hydrogen-bond acceptors (Lipinski definition) is 4. The zero-order valence-corrected chi connectivity index (χ0v) is 11.6. The molecule has 0 saturated heterocycles. The lowest BCUT2D eigenvalue weighted by atomic mass is 10.1. The van der Waals surface area contributed by atoms with Gasteiger partial charge in [-0.25, -0.2) is 8.42 Å². The monoisotopic (exact) mass is 286 g/mol. The second kappa shape index (κ2) is 6.14. The zero-order chi connectivity index (χ0) is 14.6. The Labute approximate surface area is 112 Å². The molecule has 106 valence electrons. The van der Waals surface area contributed by atoms with E-state index < -0.39 is 28.1 Å². The molecule has 0 aliphatic carbocycles. The number of nitrogens with two attached hydrogens (primary N) is 1. The molecule has 0 bridgehead atoms. The Balaban J connectivity index is 3.05. The van der Waals surface area contributed by atoms with E-state index in [0.29, 0.717) is 12.0 Å². The number of primary amides is 1. The summed E-state index contributed by atoms with van der Waals surface area (Å²) in [6.45, 7) is 3.16. The van der Waals surface area contributed by atoms with Crippen LogP contribution in [-0.4, -0.2) is 25.5 Å². The fourth-order valence-corrected chi connectivity index (χ4v) is 2.75. The molecule has 1 aromatic rings. The van der Waals surface area contributed by atoms with Gasteiger partial charge in [0.2, 0.25) is 15.9 Å². The van der Waals surface area contributed by atoms with Gasteiger partial charge in [0.15, 0.2) is 0 Å². The molecule has 2 atom stereocenters. The minimum Gasteiger partial charge on any atom is -0.388 e. The van der Waals surface area contributed by atoms with Crippen LogP contribution in [0.1, 0.15) is 31.9 Å². The van der Waals surface area contributed by atoms with Crippen LogP contribution in [0, 0.1) is 0 Å². The number of sulfonamides is 1. The molecule has 7 heteroatoms. The lowest BCUT2D eigenvalue weighted by Gasteiger charge is -2.13. The third kappa shape index (κ3) is 4.02. The van der Waals surface area contributed by atoms with E-state index in [1.807, 2.05) is 0 Å². The first kappa shape index (κ1) is 15.6. The molecule has 0 heterocycles. The summed E-state index contributed by atoms with van der Waals surface area (Å²) < 4.78 is 26.2. The van der Waals surface area contributed by atoms with Crippen molar-refractivity contribution < 1.29 is 18.3 Å². The first-order valence-electron chi connectivity index (χ1n) is 5.87. The number of benzene rings is 1. The van der Waals surface area contributed by atoms with E-state index in [-0.39, 0.29) is 4.90 Å². The molecule has 6 nitrogen and oxygen atoms in total. The molecule has 1 amide bonds. The molecular weight excluding hydrogens is 268 g/mol. The molecule has 1 aromatic carbocycles. The number of amides is 1. The fraction of sp³-hybridized carbons (Fsp3) is 0.417. The van der Waals surface area contributed by atoms with Gasteiger partial charge < -0.3 is 10.8 Å². The fourth-order valence-electron chi connectivity index (χ4n) is 1.48. The van der Waals surface area contributed by atoms with Gasteiger partial charge in [-0.1, -0.05) is 19.1 Å². The SMILES string of the molecule is CCC(O)c1cccc(S(=O)(=O)NC(C)C(N)=O)c1. The number of carbonyl (C=O) groups excluding carboxylic acids is 1. The van der Waals surface area contributed by atoms with Crippen LogP contribution >= 0.6 is 0 Å². The average Bonchev–Trinajstić information content (AvgIpc) is 2.37. The molecule has 0 aliphatic heterocycles. The molecule has 0 aromatic heterocycles. The highest BCUT2D eigenvalue weighted by Gasteiger charge is 2.21. The van der Waals surface area contributed by atoms with Crippen molar-refractivity contribution in [2.45, 2.75) is 37.3 Å². The third-order valence-corrected chi connectivity index (χ3v) is 4.24. The van der Waals surface area contributed by atoms with Crippen molar-refractivity contribution in [1.29, 1.82) is 0 Å². The minimum absolute atomic E-state index is 0.00870. The standard InChI is InChI=1S/C12H18N2O4S/c1-3-11(15)9-5-4-6-10(7-9)19(17,18)14-8(2)12(13)16/h4-8,11,14-15H,3H2,1-2H3,(H2,13,16). The Morgan fingerprint density at radius 3 is 2.63 bits per heavy atom. The molecular formula is C12H18N2O4S. The van der Waals surface area contributed by atoms with Gasteiger partial charge in [0.25, 0.3) is 0 Å². The number of aliphatic hydroxyl groups is 1. The smallest absolute Gasteiger partial charge is 0.241 e. The topological polar surface area (TPSA) is 109 Å². The quantitative estimate of drug-likeness (QED) is 0.697. The van der Waals surface area contributed by atoms with Gasteiger partial charge in [-0.05, 0) is 31.0 Å². The normalized spacial score (nSPS) is 14.9. The van der Waals surface area contributed by atoms with Crippen LogP contribution < -0.4 is 10.5 Å². The van der Waals surface area contributed by atoms with Crippen LogP contribution in [0.3, 0.4) is 0 Å². The van der Waals surface area contributed by atoms with Crippen molar-refractivity contribution in [1.82, 2.24) is 4.72 Å². The Bertz CT molecular complexity index is 557. The summed E-state index contributed by atoms with van der Waals surface area (Å²) in [5.41, 5.74) is 5.53. The van der Waals surface area contributed by atoms with Gasteiger partial charge >= 0.3 is 0 Å². The van der Waals surface area contributed by atoms with Gasteiger partial charge in [0, 0.05) is 0 Å². The number of aliphatic hydroxyl groups excluding tert-OH is 1. The largest absolute Gasteiger partial charge is 0.388 e. The lowest BCUT2D eigenvalue weighted by molar-refractivity contribution is -0.119. The van der Waals surface area contributed by atoms with Crippen molar-refractivity contribution in [2.24, 2.45) is 5.73 Å².